The van der Waals surface area contributed by atoms with Crippen LogP contribution in [0, 0.1) is 11.8 Å². The van der Waals surface area contributed by atoms with Gasteiger partial charge in [0.1, 0.15) is 17.7 Å². The molecule has 0 unspecified atom stereocenters. The second-order valence-electron chi connectivity index (χ2n) is 6.83. The number of carbonyl (C=O) groups is 3. The molecule has 0 aromatic heterocycles. The Morgan fingerprint density at radius 3 is 2.80 bits per heavy atom. The lowest BCUT2D eigenvalue weighted by molar-refractivity contribution is -0.146. The highest BCUT2D eigenvalue weighted by atomic mass is 16.5. The number of para-hydroxylation sites is 1. The fourth-order valence-corrected chi connectivity index (χ4v) is 4.89. The molecular formula is C18H16N2O5. The van der Waals surface area contributed by atoms with Gasteiger partial charge in [0, 0.05) is 6.54 Å². The number of amides is 2. The van der Waals surface area contributed by atoms with Crippen molar-refractivity contribution in [3.8, 4) is 0 Å². The standard InChI is InChI=1S/C18H16N2O5/c1-2-19-14(21)9-5-3-4-6-10(9)20-15(22)13-12(16(23)24)11-7-8-18(13,25-11)17(19)20/h3-8,11-13,17H,2H2,1H3,(H,23,24)/t11-,12-,13+,17-,18+/m1/s1. The molecule has 4 aliphatic heterocycles. The van der Waals surface area contributed by atoms with Crippen molar-refractivity contribution in [3.05, 3.63) is 42.0 Å². The summed E-state index contributed by atoms with van der Waals surface area (Å²) in [5.74, 6) is -3.25. The maximum absolute atomic E-state index is 13.3. The molecule has 7 nitrogen and oxygen atoms in total. The second kappa shape index (κ2) is 4.49. The molecule has 0 saturated carbocycles. The van der Waals surface area contributed by atoms with Gasteiger partial charge in [-0.15, -0.1) is 0 Å². The number of hydrogen-bond acceptors (Lipinski definition) is 4. The van der Waals surface area contributed by atoms with Crippen LogP contribution in [0.15, 0.2) is 36.4 Å². The van der Waals surface area contributed by atoms with E-state index in [1.165, 1.54) is 0 Å². The monoisotopic (exact) mass is 340 g/mol. The van der Waals surface area contributed by atoms with Crippen LogP contribution in [0.5, 0.6) is 0 Å². The summed E-state index contributed by atoms with van der Waals surface area (Å²) in [6, 6.07) is 6.95. The predicted molar refractivity (Wildman–Crippen MR) is 85.8 cm³/mol. The lowest BCUT2D eigenvalue weighted by atomic mass is 9.76. The normalized spacial score (nSPS) is 37.3. The first kappa shape index (κ1) is 14.7. The van der Waals surface area contributed by atoms with Gasteiger partial charge in [-0.3, -0.25) is 19.3 Å². The topological polar surface area (TPSA) is 87.2 Å². The molecule has 4 heterocycles. The third-order valence-electron chi connectivity index (χ3n) is 5.81. The molecule has 1 aromatic rings. The molecule has 4 aliphatic rings. The average Bonchev–Trinajstić information content (AvgIpc) is 3.24. The first-order valence-electron chi connectivity index (χ1n) is 8.34. The molecule has 1 spiro atoms. The number of hydrogen-bond donors (Lipinski definition) is 1. The van der Waals surface area contributed by atoms with E-state index < -0.39 is 35.7 Å². The van der Waals surface area contributed by atoms with E-state index in [2.05, 4.69) is 0 Å². The highest BCUT2D eigenvalue weighted by Crippen LogP contribution is 2.57. The summed E-state index contributed by atoms with van der Waals surface area (Å²) < 4.78 is 6.04. The number of carboxylic acids is 1. The molecule has 1 aromatic carbocycles. The molecule has 0 radical (unpaired) electrons. The van der Waals surface area contributed by atoms with E-state index >= 15 is 0 Å². The second-order valence-corrected chi connectivity index (χ2v) is 6.83. The lowest BCUT2D eigenvalue weighted by Gasteiger charge is -2.44. The van der Waals surface area contributed by atoms with E-state index in [4.69, 9.17) is 4.74 Å². The van der Waals surface area contributed by atoms with Crippen molar-refractivity contribution in [2.45, 2.75) is 24.8 Å². The third kappa shape index (κ3) is 1.48. The van der Waals surface area contributed by atoms with Gasteiger partial charge in [0.25, 0.3) is 5.91 Å². The van der Waals surface area contributed by atoms with E-state index in [9.17, 15) is 19.5 Å². The number of benzene rings is 1. The molecule has 5 rings (SSSR count). The number of likely N-dealkylation sites (N-methyl/N-ethyl adjacent to an activating group) is 1. The predicted octanol–water partition coefficient (Wildman–Crippen LogP) is 0.859. The van der Waals surface area contributed by atoms with Crippen LogP contribution < -0.4 is 4.90 Å². The molecule has 128 valence electrons. The fourth-order valence-electron chi connectivity index (χ4n) is 4.89. The minimum absolute atomic E-state index is 0.165. The first-order valence-corrected chi connectivity index (χ1v) is 8.34. The van der Waals surface area contributed by atoms with E-state index in [0.717, 1.165) is 0 Å². The highest BCUT2D eigenvalue weighted by Gasteiger charge is 2.74. The van der Waals surface area contributed by atoms with Crippen LogP contribution in [0.4, 0.5) is 5.69 Å². The molecule has 5 atom stereocenters. The summed E-state index contributed by atoms with van der Waals surface area (Å²) in [6.45, 7) is 2.24. The lowest BCUT2D eigenvalue weighted by Crippen LogP contribution is -2.60. The van der Waals surface area contributed by atoms with Crippen LogP contribution in [-0.4, -0.2) is 52.2 Å². The van der Waals surface area contributed by atoms with Crippen molar-refractivity contribution in [2.24, 2.45) is 11.8 Å². The Morgan fingerprint density at radius 1 is 1.32 bits per heavy atom. The Labute approximate surface area is 143 Å². The summed E-state index contributed by atoms with van der Waals surface area (Å²) in [5.41, 5.74) is -0.111. The van der Waals surface area contributed by atoms with E-state index in [-0.39, 0.29) is 11.8 Å². The summed E-state index contributed by atoms with van der Waals surface area (Å²) >= 11 is 0. The van der Waals surface area contributed by atoms with Gasteiger partial charge in [-0.2, -0.15) is 0 Å². The molecular weight excluding hydrogens is 324 g/mol. The van der Waals surface area contributed by atoms with Gasteiger partial charge >= 0.3 is 5.97 Å². The van der Waals surface area contributed by atoms with Gasteiger partial charge in [-0.1, -0.05) is 18.2 Å². The van der Waals surface area contributed by atoms with Gasteiger partial charge in [0.05, 0.1) is 23.3 Å². The number of aliphatic carboxylic acids is 1. The van der Waals surface area contributed by atoms with Crippen molar-refractivity contribution in [1.29, 1.82) is 0 Å². The van der Waals surface area contributed by atoms with Crippen LogP contribution in [0.25, 0.3) is 0 Å². The maximum atomic E-state index is 13.3. The summed E-state index contributed by atoms with van der Waals surface area (Å²) in [4.78, 5) is 41.2. The molecule has 2 saturated heterocycles. The van der Waals surface area contributed by atoms with Crippen LogP contribution in [0.2, 0.25) is 0 Å². The Hall–Kier alpha value is -2.67. The number of anilines is 1. The zero-order valence-electron chi connectivity index (χ0n) is 13.5. The van der Waals surface area contributed by atoms with Crippen molar-refractivity contribution in [3.63, 3.8) is 0 Å². The van der Waals surface area contributed by atoms with Crippen LogP contribution in [-0.2, 0) is 14.3 Å². The Balaban J connectivity index is 1.75. The summed E-state index contributed by atoms with van der Waals surface area (Å²) in [5, 5.41) is 9.64. The number of nitrogens with zero attached hydrogens (tertiary/aromatic N) is 2. The van der Waals surface area contributed by atoms with Crippen LogP contribution in [0.3, 0.4) is 0 Å². The summed E-state index contributed by atoms with van der Waals surface area (Å²) in [7, 11) is 0. The highest BCUT2D eigenvalue weighted by molar-refractivity contribution is 6.12. The van der Waals surface area contributed by atoms with Gasteiger partial charge in [-0.05, 0) is 25.1 Å². The smallest absolute Gasteiger partial charge is 0.310 e. The van der Waals surface area contributed by atoms with E-state index in [1.807, 2.05) is 6.92 Å². The first-order chi connectivity index (χ1) is 12.0. The Morgan fingerprint density at radius 2 is 2.08 bits per heavy atom. The third-order valence-corrected chi connectivity index (χ3v) is 5.81. The zero-order valence-corrected chi connectivity index (χ0v) is 13.5. The van der Waals surface area contributed by atoms with Crippen molar-refractivity contribution in [2.75, 3.05) is 11.4 Å². The Bertz CT molecular complexity index is 865. The van der Waals surface area contributed by atoms with Gasteiger partial charge in [0.15, 0.2) is 0 Å². The largest absolute Gasteiger partial charge is 0.481 e. The maximum Gasteiger partial charge on any atom is 0.310 e. The van der Waals surface area contributed by atoms with Gasteiger partial charge in [0.2, 0.25) is 5.91 Å². The molecule has 25 heavy (non-hydrogen) atoms. The molecule has 7 heteroatoms. The van der Waals surface area contributed by atoms with Gasteiger partial charge < -0.3 is 14.7 Å². The van der Waals surface area contributed by atoms with Crippen molar-refractivity contribution < 1.29 is 24.2 Å². The number of rotatable bonds is 2. The van der Waals surface area contributed by atoms with E-state index in [0.29, 0.717) is 17.8 Å². The van der Waals surface area contributed by atoms with Crippen molar-refractivity contribution >= 4 is 23.5 Å². The molecule has 2 fully saturated rings. The summed E-state index contributed by atoms with van der Waals surface area (Å²) in [6.07, 6.45) is 2.22. The number of carboxylic acid groups (broad SMARTS) is 1. The number of ether oxygens (including phenoxy) is 1. The minimum atomic E-state index is -1.09. The Kier molecular flexibility index (Phi) is 2.63. The number of carbonyl (C=O) groups excluding carboxylic acids is 2. The molecule has 2 amide bonds. The molecule has 2 bridgehead atoms. The van der Waals surface area contributed by atoms with Crippen molar-refractivity contribution in [1.82, 2.24) is 4.90 Å². The fraction of sp³-hybridized carbons (Fsp3) is 0.389. The molecule has 1 N–H and O–H groups in total. The van der Waals surface area contributed by atoms with Gasteiger partial charge in [-0.25, -0.2) is 0 Å². The minimum Gasteiger partial charge on any atom is -0.481 e. The molecule has 0 aliphatic carbocycles. The van der Waals surface area contributed by atoms with Crippen LogP contribution >= 0.6 is 0 Å². The SMILES string of the molecule is CCN1C(=O)c2ccccc2N2C(=O)[C@@H]3[C@H](C(=O)O)[C@H]4C=C[C@@]3(O4)[C@H]12. The average molecular weight is 340 g/mol. The quantitative estimate of drug-likeness (QED) is 0.807. The van der Waals surface area contributed by atoms with E-state index in [1.54, 1.807) is 46.2 Å². The van der Waals surface area contributed by atoms with Crippen LogP contribution in [0.1, 0.15) is 17.3 Å². The zero-order chi connectivity index (χ0) is 17.5. The number of fused-ring (bicyclic) bond motifs is 4.